The van der Waals surface area contributed by atoms with Crippen LogP contribution in [0.5, 0.6) is 11.5 Å². The molecule has 1 unspecified atom stereocenters. The summed E-state index contributed by atoms with van der Waals surface area (Å²) in [6.45, 7) is 0. The second-order valence-corrected chi connectivity index (χ2v) is 6.50. The van der Waals surface area contributed by atoms with Crippen LogP contribution < -0.4 is 0 Å². The fourth-order valence-electron chi connectivity index (χ4n) is 3.35. The number of aromatic hydroxyl groups is 2. The molecule has 40 heteroatoms. The quantitative estimate of drug-likeness (QED) is 0.256. The molecule has 2 aromatic carbocycles. The van der Waals surface area contributed by atoms with Crippen LogP contribution in [0.1, 0.15) is 44.3 Å². The van der Waals surface area contributed by atoms with Crippen LogP contribution in [-0.4, -0.2) is 32.4 Å². The minimum atomic E-state index is -0.743. The number of aliphatic hydroxyl groups is 1. The van der Waals surface area contributed by atoms with Crippen molar-refractivity contribution in [2.75, 3.05) is 7.11 Å². The maximum absolute atomic E-state index is 12.9. The van der Waals surface area contributed by atoms with E-state index in [-0.39, 0.29) is 665 Å². The zero-order chi connectivity index (χ0) is 17.9. The molecule has 1 atom stereocenters. The number of phenols is 2. The largest absolute Gasteiger partial charge is 0 e. The van der Waals surface area contributed by atoms with E-state index in [1.165, 1.54) is 20.0 Å². The molecular weight excluding hydrogens is 2090 g/mol. The Balaban J connectivity index is -0.00000000795. The molecule has 2 aromatic rings. The van der Waals surface area contributed by atoms with Gasteiger partial charge in [-0.1, -0.05) is 0 Å². The second-order valence-electron chi connectivity index (χ2n) is 5.80. The van der Waals surface area contributed by atoms with Crippen molar-refractivity contribution < 1.29 is 673 Å². The van der Waals surface area contributed by atoms with Gasteiger partial charge >= 0.3 is 153 Å². The maximum Gasteiger partial charge on any atom is 0 e. The number of phenolic OH excluding ortho intramolecular Hbond substituents is 2. The van der Waals surface area contributed by atoms with Crippen molar-refractivity contribution in [1.82, 2.24) is 0 Å². The molecule has 0 bridgehead atoms. The number of carbonyl (C=O) groups is 1. The van der Waals surface area contributed by atoms with Crippen LogP contribution in [0.3, 0.4) is 0 Å². The van der Waals surface area contributed by atoms with E-state index in [1.807, 2.05) is 0 Å². The molecule has 2 aliphatic carbocycles. The van der Waals surface area contributed by atoms with Crippen molar-refractivity contribution in [1.29, 1.82) is 0 Å². The van der Waals surface area contributed by atoms with Gasteiger partial charge in [0.25, 0.3) is 0 Å². The first-order chi connectivity index (χ1) is 12.0. The summed E-state index contributed by atoms with van der Waals surface area (Å²) in [6.07, 6.45) is 1.88. The first kappa shape index (κ1) is 210. The van der Waals surface area contributed by atoms with Crippen LogP contribution in [0, 0.1) is 25.0 Å². The van der Waals surface area contributed by atoms with Gasteiger partial charge in [-0.05, 0) is 0 Å². The summed E-state index contributed by atoms with van der Waals surface area (Å²) >= 11 is 2.32. The van der Waals surface area contributed by atoms with E-state index < -0.39 is 11.9 Å². The van der Waals surface area contributed by atoms with E-state index in [4.69, 9.17) is 4.74 Å². The minimum absolute atomic E-state index is 0. The van der Waals surface area contributed by atoms with Crippen molar-refractivity contribution in [3.63, 3.8) is 0 Å². The van der Waals surface area contributed by atoms with Gasteiger partial charge in [-0.15, -0.1) is 0 Å². The summed E-state index contributed by atoms with van der Waals surface area (Å²) in [5.74, 6) is -0.835. The number of methoxy groups -OCH3 is 1. The van der Waals surface area contributed by atoms with Crippen LogP contribution in [0.25, 0.3) is 0 Å². The third-order valence-electron chi connectivity index (χ3n) is 4.48. The van der Waals surface area contributed by atoms with Crippen molar-refractivity contribution in [3.8, 4) is 11.5 Å². The molecule has 0 heterocycles. The Hall–Kier alpha value is 17.8. The maximum atomic E-state index is 12.9. The molecule has 0 aliphatic heterocycles. The Morgan fingerprint density at radius 1 is 0.576 bits per heavy atom. The summed E-state index contributed by atoms with van der Waals surface area (Å²) in [6, 6.07) is 8.04. The SMILES string of the molecule is COC1[CH-][C-](O)[CH-]c2c(O)c3c(c(O)c21)[C](=[V])c1[c-]cccc1C3=O.[V].[V].[V].[V].[V].[V].[V].[V].[V].[V].[V].[V].[V].[V].[V].[V].[V].[V].[V].[V].[V].[V].[V].[V].[V].[V].[V].[V].[V].[V].[V].[V].[V].[V]. The van der Waals surface area contributed by atoms with E-state index in [0.717, 1.165) is 0 Å². The van der Waals surface area contributed by atoms with Gasteiger partial charge < -0.3 is 0 Å². The topological polar surface area (TPSA) is 87.0 Å². The summed E-state index contributed by atoms with van der Waals surface area (Å²) in [7, 11) is 1.43. The van der Waals surface area contributed by atoms with Gasteiger partial charge in [-0.3, -0.25) is 0 Å². The number of ether oxygens (including phenoxy) is 1. The molecule has 0 saturated heterocycles. The molecule has 0 amide bonds. The van der Waals surface area contributed by atoms with Crippen LogP contribution in [0.15, 0.2) is 18.2 Å². The number of carbonyl (C=O) groups excluding carboxylic acids is 1. The number of rotatable bonds is 1. The Bertz CT molecular complexity index is 985. The Kier molecular flexibility index (Phi) is 409. The Morgan fingerprint density at radius 2 is 0.898 bits per heavy atom. The van der Waals surface area contributed by atoms with Gasteiger partial charge in [0.05, 0.1) is 0 Å². The number of aliphatic hydroxyl groups excluding tert-OH is 1. The van der Waals surface area contributed by atoms with E-state index in [0.29, 0.717) is 20.9 Å². The number of hydrogen-bond acceptors (Lipinski definition) is 5. The summed E-state index contributed by atoms with van der Waals surface area (Å²) in [5.41, 5.74) is 1.73. The summed E-state index contributed by atoms with van der Waals surface area (Å²) in [4.78, 5) is 12.9. The zero-order valence-corrected chi connectivity index (χ0v) is 77.2. The number of ketones is 1. The second kappa shape index (κ2) is 115. The zero-order valence-electron chi connectivity index (χ0n) is 28.3. The van der Waals surface area contributed by atoms with Crippen LogP contribution >= 0.6 is 0 Å². The third kappa shape index (κ3) is 60.2. The molecule has 4 rings (SSSR count). The molecule has 3 N–H and O–H groups in total. The van der Waals surface area contributed by atoms with Crippen LogP contribution in [0.4, 0.5) is 0 Å². The first-order valence-electron chi connectivity index (χ1n) is 7.47. The predicted octanol–water partition coefficient (Wildman–Crippen LogP) is 1.84. The molecule has 0 aromatic heterocycles. The summed E-state index contributed by atoms with van der Waals surface area (Å²) < 4.78 is 5.90. The van der Waals surface area contributed by atoms with Gasteiger partial charge in [0.1, 0.15) is 0 Å². The van der Waals surface area contributed by atoms with Crippen molar-refractivity contribution in [2.24, 2.45) is 0 Å². The van der Waals surface area contributed by atoms with E-state index in [9.17, 15) is 20.1 Å². The van der Waals surface area contributed by atoms with Gasteiger partial charge in [-0.25, -0.2) is 0 Å². The van der Waals surface area contributed by atoms with Gasteiger partial charge in [-0.2, -0.15) is 0 Å². The fourth-order valence-corrected chi connectivity index (χ4v) is 3.98. The number of fused-ring (bicyclic) bond motifs is 3. The molecule has 2 aliphatic rings. The summed E-state index contributed by atoms with van der Waals surface area (Å²) in [5, 5.41) is 31.5. The Morgan fingerprint density at radius 3 is 1.20 bits per heavy atom. The number of hydrogen-bond donors (Lipinski definition) is 3. The van der Waals surface area contributed by atoms with Crippen LogP contribution in [0.2, 0.25) is 0 Å². The average molecular weight is 2100 g/mol. The van der Waals surface area contributed by atoms with Gasteiger partial charge in [0.2, 0.25) is 0 Å². The molecule has 297 valence electrons. The molecule has 59 heavy (non-hydrogen) atoms. The standard InChI is InChI=1S/C19H12O5.35V/c1-24-14-8-10(20)7-13-15(14)18(22)12-6-9-4-2-3-5-11(9)17(21)16(12)19(13)23;;;;;;;;;;;;;;;;;;;;;;;;;;;;;;;;;;;/h2-3,5,7-8,14,20,22-23H,1H3;;;;;;;;;;;;;;;;;;;;;;;;;;;;;;;;;;;/q-4;;;;;;;;;;;;;;;;;;;;;;;;;;;;;;;;;;;. The normalized spacial score (nSPS) is 8.05. The van der Waals surface area contributed by atoms with Crippen molar-refractivity contribution in [3.05, 3.63) is 76.6 Å². The predicted molar refractivity (Wildman–Crippen MR) is 84.3 cm³/mol. The molecule has 0 spiro atoms. The monoisotopic (exact) mass is 2100 g/mol. The van der Waals surface area contributed by atoms with E-state index >= 15 is 0 Å². The molecular formula is C19H12O5V35-4. The van der Waals surface area contributed by atoms with E-state index in [2.05, 4.69) is 23.0 Å². The smallest absolute Gasteiger partial charge is 0 e. The Labute approximate surface area is 765 Å². The minimum Gasteiger partial charge on any atom is 0 e. The third-order valence-corrected chi connectivity index (χ3v) is 5.18. The van der Waals surface area contributed by atoms with Crippen molar-refractivity contribution >= 4 is 10.0 Å². The average Bonchev–Trinajstić information content (AvgIpc) is 2.61. The molecule has 0 fully saturated rings. The van der Waals surface area contributed by atoms with Gasteiger partial charge in [0.15, 0.2) is 0 Å². The van der Waals surface area contributed by atoms with Crippen molar-refractivity contribution in [2.45, 2.75) is 6.10 Å². The molecule has 5 nitrogen and oxygen atoms in total. The first-order valence-corrected chi connectivity index (χ1v) is 8.17. The van der Waals surface area contributed by atoms with Gasteiger partial charge in [0, 0.05) is 631 Å². The fraction of sp³-hybridized carbons (Fsp3) is 0.105. The molecule has 0 saturated carbocycles. The van der Waals surface area contributed by atoms with E-state index in [1.54, 1.807) is 18.2 Å². The van der Waals surface area contributed by atoms with Crippen LogP contribution in [-0.2, 0) is 653 Å². The number of benzene rings is 2. The molecule has 34 radical (unpaired) electrons.